The molecule has 1 aromatic carbocycles. The predicted octanol–water partition coefficient (Wildman–Crippen LogP) is 1.28. The van der Waals surface area contributed by atoms with Gasteiger partial charge in [-0.1, -0.05) is 31.2 Å². The Morgan fingerprint density at radius 3 is 2.64 bits per heavy atom. The highest BCUT2D eigenvalue weighted by molar-refractivity contribution is 5.96. The van der Waals surface area contributed by atoms with E-state index in [1.54, 1.807) is 4.90 Å². The highest BCUT2D eigenvalue weighted by Gasteiger charge is 2.16. The molecular weight excluding hydrogens is 282 g/mol. The summed E-state index contributed by atoms with van der Waals surface area (Å²) in [5.74, 6) is -0.436. The average molecular weight is 305 g/mol. The van der Waals surface area contributed by atoms with Crippen LogP contribution >= 0.6 is 0 Å². The highest BCUT2D eigenvalue weighted by Crippen LogP contribution is 2.13. The summed E-state index contributed by atoms with van der Waals surface area (Å²) in [7, 11) is 0. The van der Waals surface area contributed by atoms with E-state index in [-0.39, 0.29) is 13.1 Å². The van der Waals surface area contributed by atoms with E-state index >= 15 is 0 Å². The van der Waals surface area contributed by atoms with Gasteiger partial charge in [0.05, 0.1) is 12.6 Å². The van der Waals surface area contributed by atoms with Crippen molar-refractivity contribution in [1.29, 1.82) is 0 Å². The van der Waals surface area contributed by atoms with Gasteiger partial charge in [0, 0.05) is 18.8 Å². The Kier molecular flexibility index (Phi) is 7.70. The zero-order valence-electron chi connectivity index (χ0n) is 12.8. The van der Waals surface area contributed by atoms with Crippen LogP contribution in [0.4, 0.5) is 10.5 Å². The molecule has 1 rings (SSSR count). The lowest BCUT2D eigenvalue weighted by molar-refractivity contribution is -0.118. The molecule has 22 heavy (non-hydrogen) atoms. The van der Waals surface area contributed by atoms with E-state index in [0.29, 0.717) is 13.0 Å². The van der Waals surface area contributed by atoms with Crippen LogP contribution in [0.15, 0.2) is 43.0 Å². The number of aliphatic hydroxyl groups excluding tert-OH is 1. The van der Waals surface area contributed by atoms with Crippen LogP contribution in [0.25, 0.3) is 0 Å². The van der Waals surface area contributed by atoms with Crippen LogP contribution in [0.1, 0.15) is 13.3 Å². The zero-order chi connectivity index (χ0) is 16.4. The molecule has 120 valence electrons. The summed E-state index contributed by atoms with van der Waals surface area (Å²) in [4.78, 5) is 25.1. The number of benzene rings is 1. The molecule has 3 amide bonds. The van der Waals surface area contributed by atoms with Gasteiger partial charge < -0.3 is 15.3 Å². The molecule has 1 aromatic rings. The first-order valence-corrected chi connectivity index (χ1v) is 7.23. The Morgan fingerprint density at radius 1 is 1.36 bits per heavy atom. The lowest BCUT2D eigenvalue weighted by Gasteiger charge is -2.26. The molecule has 6 nitrogen and oxygen atoms in total. The van der Waals surface area contributed by atoms with Gasteiger partial charge in [-0.2, -0.15) is 0 Å². The third-order valence-electron chi connectivity index (χ3n) is 3.02. The Bertz CT molecular complexity index is 491. The Labute approximate surface area is 130 Å². The van der Waals surface area contributed by atoms with Gasteiger partial charge in [-0.05, 0) is 18.6 Å². The first-order valence-electron chi connectivity index (χ1n) is 7.23. The number of nitrogens with one attached hydrogen (secondary N) is 2. The van der Waals surface area contributed by atoms with Gasteiger partial charge in [-0.25, -0.2) is 4.79 Å². The summed E-state index contributed by atoms with van der Waals surface area (Å²) in [6.45, 7) is 5.95. The maximum atomic E-state index is 11.9. The van der Waals surface area contributed by atoms with Crippen molar-refractivity contribution in [3.8, 4) is 0 Å². The molecule has 0 aliphatic rings. The average Bonchev–Trinajstić information content (AvgIpc) is 2.52. The number of amides is 3. The number of rotatable bonds is 8. The summed E-state index contributed by atoms with van der Waals surface area (Å²) < 4.78 is 0. The molecule has 0 radical (unpaired) electrons. The zero-order valence-corrected chi connectivity index (χ0v) is 12.8. The number of aliphatic hydroxyl groups is 1. The van der Waals surface area contributed by atoms with Gasteiger partial charge in [0.2, 0.25) is 5.91 Å². The number of imide groups is 1. The van der Waals surface area contributed by atoms with Crippen LogP contribution in [-0.2, 0) is 4.79 Å². The van der Waals surface area contributed by atoms with Crippen LogP contribution < -0.4 is 15.5 Å². The van der Waals surface area contributed by atoms with Crippen LogP contribution in [0.3, 0.4) is 0 Å². The monoisotopic (exact) mass is 305 g/mol. The van der Waals surface area contributed by atoms with Crippen molar-refractivity contribution in [2.75, 3.05) is 24.5 Å². The number of urea groups is 1. The first-order chi connectivity index (χ1) is 10.6. The summed E-state index contributed by atoms with van der Waals surface area (Å²) in [5, 5.41) is 14.6. The van der Waals surface area contributed by atoms with Crippen LogP contribution in [0, 0.1) is 0 Å². The van der Waals surface area contributed by atoms with E-state index in [4.69, 9.17) is 0 Å². The van der Waals surface area contributed by atoms with Gasteiger partial charge >= 0.3 is 6.03 Å². The lowest BCUT2D eigenvalue weighted by Crippen LogP contribution is -2.46. The second-order valence-corrected chi connectivity index (χ2v) is 4.83. The standard InChI is InChI=1S/C16H23N3O3/c1-3-10-17-16(22)18-15(21)12-19(11-14(20)4-2)13-8-6-5-7-9-13/h3,5-9,14,20H,1,4,10-12H2,2H3,(H2,17,18,21,22)/t14-/m1/s1. The van der Waals surface area contributed by atoms with Gasteiger partial charge in [0.15, 0.2) is 0 Å². The van der Waals surface area contributed by atoms with Crippen molar-refractivity contribution in [3.63, 3.8) is 0 Å². The molecule has 6 heteroatoms. The molecule has 0 unspecified atom stereocenters. The minimum atomic E-state index is -0.561. The van der Waals surface area contributed by atoms with Crippen LogP contribution in [0.5, 0.6) is 0 Å². The number of carbonyl (C=O) groups is 2. The van der Waals surface area contributed by atoms with E-state index in [1.807, 2.05) is 37.3 Å². The number of hydrogen-bond donors (Lipinski definition) is 3. The second kappa shape index (κ2) is 9.57. The van der Waals surface area contributed by atoms with E-state index in [9.17, 15) is 14.7 Å². The fourth-order valence-corrected chi connectivity index (χ4v) is 1.83. The summed E-state index contributed by atoms with van der Waals surface area (Å²) >= 11 is 0. The lowest BCUT2D eigenvalue weighted by atomic mass is 10.2. The van der Waals surface area contributed by atoms with Gasteiger partial charge in [0.25, 0.3) is 0 Å². The fourth-order valence-electron chi connectivity index (χ4n) is 1.83. The molecule has 0 fully saturated rings. The van der Waals surface area contributed by atoms with Crippen molar-refractivity contribution in [3.05, 3.63) is 43.0 Å². The van der Waals surface area contributed by atoms with E-state index in [1.165, 1.54) is 6.08 Å². The predicted molar refractivity (Wildman–Crippen MR) is 86.7 cm³/mol. The molecule has 0 saturated heterocycles. The highest BCUT2D eigenvalue weighted by atomic mass is 16.3. The van der Waals surface area contributed by atoms with E-state index in [2.05, 4.69) is 17.2 Å². The van der Waals surface area contributed by atoms with Gasteiger partial charge in [0.1, 0.15) is 0 Å². The summed E-state index contributed by atoms with van der Waals surface area (Å²) in [5.41, 5.74) is 0.816. The largest absolute Gasteiger partial charge is 0.391 e. The van der Waals surface area contributed by atoms with Gasteiger partial charge in [-0.15, -0.1) is 6.58 Å². The number of para-hydroxylation sites is 1. The number of hydrogen-bond acceptors (Lipinski definition) is 4. The van der Waals surface area contributed by atoms with Crippen LogP contribution in [-0.4, -0.2) is 42.8 Å². The number of anilines is 1. The van der Waals surface area contributed by atoms with Crippen molar-refractivity contribution < 1.29 is 14.7 Å². The summed E-state index contributed by atoms with van der Waals surface area (Å²) in [6, 6.07) is 8.74. The molecule has 0 aliphatic carbocycles. The normalized spacial score (nSPS) is 11.4. The van der Waals surface area contributed by atoms with E-state index < -0.39 is 18.0 Å². The molecular formula is C16H23N3O3. The number of nitrogens with zero attached hydrogens (tertiary/aromatic N) is 1. The smallest absolute Gasteiger partial charge is 0.321 e. The fraction of sp³-hybridized carbons (Fsp3) is 0.375. The van der Waals surface area contributed by atoms with Crippen molar-refractivity contribution in [2.45, 2.75) is 19.4 Å². The van der Waals surface area contributed by atoms with Crippen molar-refractivity contribution in [1.82, 2.24) is 10.6 Å². The molecule has 0 aliphatic heterocycles. The Morgan fingerprint density at radius 2 is 2.05 bits per heavy atom. The maximum absolute atomic E-state index is 11.9. The minimum absolute atomic E-state index is 0.0113. The first kappa shape index (κ1) is 17.7. The molecule has 0 aromatic heterocycles. The quantitative estimate of drug-likeness (QED) is 0.632. The molecule has 0 heterocycles. The Hall–Kier alpha value is -2.34. The minimum Gasteiger partial charge on any atom is -0.391 e. The molecule has 0 saturated carbocycles. The SMILES string of the molecule is C=CCNC(=O)NC(=O)CN(C[C@H](O)CC)c1ccccc1. The summed E-state index contributed by atoms with van der Waals surface area (Å²) in [6.07, 6.45) is 1.57. The second-order valence-electron chi connectivity index (χ2n) is 4.83. The van der Waals surface area contributed by atoms with Crippen molar-refractivity contribution >= 4 is 17.6 Å². The van der Waals surface area contributed by atoms with Gasteiger partial charge in [-0.3, -0.25) is 10.1 Å². The topological polar surface area (TPSA) is 81.7 Å². The molecule has 0 spiro atoms. The third-order valence-corrected chi connectivity index (χ3v) is 3.02. The van der Waals surface area contributed by atoms with Crippen LogP contribution in [0.2, 0.25) is 0 Å². The number of carbonyl (C=O) groups excluding carboxylic acids is 2. The van der Waals surface area contributed by atoms with E-state index in [0.717, 1.165) is 5.69 Å². The Balaban J connectivity index is 2.66. The molecule has 0 bridgehead atoms. The maximum Gasteiger partial charge on any atom is 0.321 e. The molecule has 1 atom stereocenters. The molecule has 3 N–H and O–H groups in total. The van der Waals surface area contributed by atoms with Crippen molar-refractivity contribution in [2.24, 2.45) is 0 Å². The third kappa shape index (κ3) is 6.41.